The van der Waals surface area contributed by atoms with Gasteiger partial charge in [-0.25, -0.2) is 9.59 Å². The molecule has 3 aliphatic heterocycles. The minimum absolute atomic E-state index is 0.0154. The van der Waals surface area contributed by atoms with Crippen LogP contribution >= 0.6 is 0 Å². The van der Waals surface area contributed by atoms with Gasteiger partial charge in [-0.1, -0.05) is 0 Å². The second kappa shape index (κ2) is 6.15. The van der Waals surface area contributed by atoms with E-state index >= 15 is 0 Å². The van der Waals surface area contributed by atoms with Gasteiger partial charge in [0.05, 0.1) is 23.7 Å². The van der Waals surface area contributed by atoms with E-state index in [9.17, 15) is 22.8 Å². The van der Waals surface area contributed by atoms with Crippen molar-refractivity contribution in [1.29, 1.82) is 0 Å². The zero-order chi connectivity index (χ0) is 20.5. The first-order valence-corrected chi connectivity index (χ1v) is 10.4. The summed E-state index contributed by atoms with van der Waals surface area (Å²) in [6.45, 7) is 2.83. The third-order valence-electron chi connectivity index (χ3n) is 7.59. The average molecular weight is 416 g/mol. The molecule has 5 rings (SSSR count). The Balaban J connectivity index is 1.04. The normalized spacial score (nSPS) is 29.3. The van der Waals surface area contributed by atoms with Gasteiger partial charge in [0.1, 0.15) is 0 Å². The van der Waals surface area contributed by atoms with Gasteiger partial charge in [-0.3, -0.25) is 0 Å². The lowest BCUT2D eigenvalue weighted by Gasteiger charge is -2.56. The number of urea groups is 2. The highest BCUT2D eigenvalue weighted by atomic mass is 19.4. The fourth-order valence-corrected chi connectivity index (χ4v) is 5.31. The Morgan fingerprint density at radius 1 is 1.07 bits per heavy atom. The predicted molar refractivity (Wildman–Crippen MR) is 96.2 cm³/mol. The maximum absolute atomic E-state index is 13.0. The lowest BCUT2D eigenvalue weighted by atomic mass is 9.68. The molecule has 2 aliphatic carbocycles. The molecule has 7 nitrogen and oxygen atoms in total. The van der Waals surface area contributed by atoms with Crippen LogP contribution in [0.5, 0.6) is 0 Å². The van der Waals surface area contributed by atoms with E-state index in [1.165, 1.54) is 0 Å². The Hall–Kier alpha value is -1.71. The number of ether oxygens (including phenoxy) is 1. The van der Waals surface area contributed by atoms with E-state index in [1.807, 2.05) is 4.90 Å². The molecule has 162 valence electrons. The number of hydrogen-bond donors (Lipinski definition) is 2. The number of halogens is 3. The van der Waals surface area contributed by atoms with Crippen molar-refractivity contribution in [2.24, 2.45) is 10.8 Å². The monoisotopic (exact) mass is 416 g/mol. The van der Waals surface area contributed by atoms with Crippen LogP contribution in [-0.4, -0.2) is 79.0 Å². The van der Waals surface area contributed by atoms with Crippen molar-refractivity contribution >= 4 is 12.1 Å². The molecular formula is C19H27F3N4O3. The Morgan fingerprint density at radius 3 is 2.21 bits per heavy atom. The summed E-state index contributed by atoms with van der Waals surface area (Å²) in [7, 11) is 0. The van der Waals surface area contributed by atoms with E-state index in [2.05, 4.69) is 10.6 Å². The molecule has 2 saturated carbocycles. The van der Waals surface area contributed by atoms with Gasteiger partial charge in [0.15, 0.2) is 0 Å². The van der Waals surface area contributed by atoms with Crippen LogP contribution in [0.25, 0.3) is 0 Å². The largest absolute Gasteiger partial charge is 0.396 e. The van der Waals surface area contributed by atoms with Crippen LogP contribution in [0.15, 0.2) is 0 Å². The number of likely N-dealkylation sites (tertiary alicyclic amines) is 2. The van der Waals surface area contributed by atoms with Crippen LogP contribution < -0.4 is 10.6 Å². The molecule has 0 unspecified atom stereocenters. The van der Waals surface area contributed by atoms with Gasteiger partial charge < -0.3 is 25.2 Å². The van der Waals surface area contributed by atoms with E-state index in [0.717, 1.165) is 25.7 Å². The standard InChI is InChI=1S/C19H27F3N4O3/c20-19(21,22)17(5-6-17)12-29-13-1-3-16(4-2-13)8-25(9-16)15(28)26-10-18(11-26)7-23-14(27)24-18/h13H,1-12H2,(H2,23,24,27). The van der Waals surface area contributed by atoms with Crippen molar-refractivity contribution in [3.05, 3.63) is 0 Å². The molecule has 10 heteroatoms. The predicted octanol–water partition coefficient (Wildman–Crippen LogP) is 2.08. The van der Waals surface area contributed by atoms with Crippen LogP contribution in [0.3, 0.4) is 0 Å². The second-order valence-corrected chi connectivity index (χ2v) is 9.87. The first-order chi connectivity index (χ1) is 13.6. The Kier molecular flexibility index (Phi) is 4.09. The highest BCUT2D eigenvalue weighted by molar-refractivity contribution is 5.81. The van der Waals surface area contributed by atoms with Crippen molar-refractivity contribution in [2.45, 2.75) is 56.3 Å². The Bertz CT molecular complexity index is 702. The summed E-state index contributed by atoms with van der Waals surface area (Å²) in [6, 6.07) is -0.163. The van der Waals surface area contributed by atoms with Gasteiger partial charge in [0, 0.05) is 38.1 Å². The van der Waals surface area contributed by atoms with Gasteiger partial charge >= 0.3 is 18.2 Å². The molecule has 0 radical (unpaired) electrons. The molecular weight excluding hydrogens is 389 g/mol. The molecule has 0 bridgehead atoms. The number of carbonyl (C=O) groups is 2. The number of alkyl halides is 3. The van der Waals surface area contributed by atoms with Gasteiger partial charge in [-0.05, 0) is 38.5 Å². The van der Waals surface area contributed by atoms with E-state index in [-0.39, 0.29) is 48.6 Å². The van der Waals surface area contributed by atoms with Crippen LogP contribution in [0.2, 0.25) is 0 Å². The molecule has 5 aliphatic rings. The van der Waals surface area contributed by atoms with E-state index in [0.29, 0.717) is 32.7 Å². The molecule has 3 heterocycles. The smallest absolute Gasteiger partial charge is 0.377 e. The zero-order valence-corrected chi connectivity index (χ0v) is 16.3. The Labute approximate surface area is 167 Å². The minimum Gasteiger partial charge on any atom is -0.377 e. The molecule has 3 saturated heterocycles. The number of nitrogens with one attached hydrogen (secondary N) is 2. The first kappa shape index (κ1) is 19.3. The van der Waals surface area contributed by atoms with Crippen molar-refractivity contribution in [2.75, 3.05) is 39.3 Å². The van der Waals surface area contributed by atoms with Crippen molar-refractivity contribution in [3.8, 4) is 0 Å². The number of amides is 4. The van der Waals surface area contributed by atoms with Crippen LogP contribution in [0.4, 0.5) is 22.8 Å². The number of rotatable bonds is 3. The van der Waals surface area contributed by atoms with Crippen molar-refractivity contribution in [3.63, 3.8) is 0 Å². The summed E-state index contributed by atoms with van der Waals surface area (Å²) >= 11 is 0. The van der Waals surface area contributed by atoms with Crippen LogP contribution in [0, 0.1) is 10.8 Å². The number of hydrogen-bond acceptors (Lipinski definition) is 3. The lowest BCUT2D eigenvalue weighted by Crippen LogP contribution is -2.73. The molecule has 29 heavy (non-hydrogen) atoms. The highest BCUT2D eigenvalue weighted by Gasteiger charge is 2.63. The zero-order valence-electron chi connectivity index (χ0n) is 16.3. The summed E-state index contributed by atoms with van der Waals surface area (Å²) < 4.78 is 44.7. The molecule has 0 aromatic carbocycles. The SMILES string of the molecule is O=C1NCC2(CN(C(=O)N3CC4(CCC(OCC5(C(F)(F)F)CC5)CC4)C3)C2)N1. The van der Waals surface area contributed by atoms with Crippen molar-refractivity contribution in [1.82, 2.24) is 20.4 Å². The minimum atomic E-state index is -4.16. The maximum atomic E-state index is 13.0. The third-order valence-corrected chi connectivity index (χ3v) is 7.59. The molecule has 0 aromatic rings. The summed E-state index contributed by atoms with van der Waals surface area (Å²) in [6.07, 6.45) is -0.581. The fourth-order valence-electron chi connectivity index (χ4n) is 5.31. The quantitative estimate of drug-likeness (QED) is 0.740. The fraction of sp³-hybridized carbons (Fsp3) is 0.895. The Morgan fingerprint density at radius 2 is 1.69 bits per heavy atom. The topological polar surface area (TPSA) is 73.9 Å². The first-order valence-electron chi connectivity index (χ1n) is 10.4. The number of carbonyl (C=O) groups excluding carboxylic acids is 2. The summed E-state index contributed by atoms with van der Waals surface area (Å²) in [5.74, 6) is 0. The molecule has 0 aromatic heterocycles. The third kappa shape index (κ3) is 3.23. The van der Waals surface area contributed by atoms with E-state index in [1.54, 1.807) is 4.90 Å². The molecule has 2 spiro atoms. The van der Waals surface area contributed by atoms with E-state index < -0.39 is 11.6 Å². The lowest BCUT2D eigenvalue weighted by molar-refractivity contribution is -0.208. The van der Waals surface area contributed by atoms with Gasteiger partial charge in [0.2, 0.25) is 0 Å². The van der Waals surface area contributed by atoms with Gasteiger partial charge in [0.25, 0.3) is 0 Å². The van der Waals surface area contributed by atoms with Crippen LogP contribution in [0.1, 0.15) is 38.5 Å². The van der Waals surface area contributed by atoms with Crippen molar-refractivity contribution < 1.29 is 27.5 Å². The average Bonchev–Trinajstić information content (AvgIpc) is 3.32. The molecule has 4 amide bonds. The van der Waals surface area contributed by atoms with Crippen LogP contribution in [-0.2, 0) is 4.74 Å². The van der Waals surface area contributed by atoms with Gasteiger partial charge in [-0.15, -0.1) is 0 Å². The summed E-state index contributed by atoms with van der Waals surface area (Å²) in [4.78, 5) is 27.5. The summed E-state index contributed by atoms with van der Waals surface area (Å²) in [5, 5.41) is 5.61. The molecule has 0 atom stereocenters. The second-order valence-electron chi connectivity index (χ2n) is 9.87. The highest BCUT2D eigenvalue weighted by Crippen LogP contribution is 2.58. The number of nitrogens with zero attached hydrogens (tertiary/aromatic N) is 2. The van der Waals surface area contributed by atoms with E-state index in [4.69, 9.17) is 4.74 Å². The maximum Gasteiger partial charge on any atom is 0.396 e. The summed E-state index contributed by atoms with van der Waals surface area (Å²) in [5.41, 5.74) is -1.80. The molecule has 2 N–H and O–H groups in total. The molecule has 5 fully saturated rings. The van der Waals surface area contributed by atoms with Gasteiger partial charge in [-0.2, -0.15) is 13.2 Å².